The quantitative estimate of drug-likeness (QED) is 0.176. The number of hydrogen-bond acceptors (Lipinski definition) is 8. The molecule has 0 spiro atoms. The summed E-state index contributed by atoms with van der Waals surface area (Å²) in [5.74, 6) is 0.0249. The molecule has 1 aromatic carbocycles. The second-order valence-electron chi connectivity index (χ2n) is 11.9. The number of carbonyl (C=O) groups is 1. The number of nitrogens with one attached hydrogen (secondary N) is 4. The summed E-state index contributed by atoms with van der Waals surface area (Å²) in [5.41, 5.74) is 6.56. The lowest BCUT2D eigenvalue weighted by atomic mass is 9.95. The molecular weight excluding hydrogens is 559 g/mol. The number of amides is 1. The van der Waals surface area contributed by atoms with Gasteiger partial charge in [0.05, 0.1) is 28.6 Å². The van der Waals surface area contributed by atoms with E-state index in [-0.39, 0.29) is 11.7 Å². The molecule has 0 radical (unpaired) electrons. The van der Waals surface area contributed by atoms with Crippen LogP contribution in [-0.4, -0.2) is 73.1 Å². The van der Waals surface area contributed by atoms with Gasteiger partial charge in [0.25, 0.3) is 0 Å². The molecule has 44 heavy (non-hydrogen) atoms. The van der Waals surface area contributed by atoms with Gasteiger partial charge >= 0.3 is 0 Å². The van der Waals surface area contributed by atoms with Crippen LogP contribution in [0.25, 0.3) is 56.1 Å². The zero-order valence-corrected chi connectivity index (χ0v) is 25.2. The molecular formula is C32H33FN10O. The highest BCUT2D eigenvalue weighted by molar-refractivity contribution is 5.96. The molecule has 6 aromatic rings. The number of H-pyrrole nitrogens is 2. The van der Waals surface area contributed by atoms with E-state index in [0.29, 0.717) is 57.4 Å². The normalized spacial score (nSPS) is 11.9. The third-order valence-corrected chi connectivity index (χ3v) is 7.09. The Morgan fingerprint density at radius 1 is 1.00 bits per heavy atom. The summed E-state index contributed by atoms with van der Waals surface area (Å²) in [4.78, 5) is 36.3. The predicted molar refractivity (Wildman–Crippen MR) is 171 cm³/mol. The third-order valence-electron chi connectivity index (χ3n) is 7.09. The number of anilines is 2. The van der Waals surface area contributed by atoms with Gasteiger partial charge < -0.3 is 20.5 Å². The van der Waals surface area contributed by atoms with E-state index in [4.69, 9.17) is 9.97 Å². The number of aromatic nitrogens is 7. The molecule has 0 saturated carbocycles. The highest BCUT2D eigenvalue weighted by Crippen LogP contribution is 2.33. The second kappa shape index (κ2) is 11.5. The van der Waals surface area contributed by atoms with E-state index in [1.807, 2.05) is 65.2 Å². The Balaban J connectivity index is 1.35. The van der Waals surface area contributed by atoms with Crippen LogP contribution >= 0.6 is 0 Å². The Morgan fingerprint density at radius 2 is 1.82 bits per heavy atom. The van der Waals surface area contributed by atoms with Crippen molar-refractivity contribution in [2.75, 3.05) is 37.8 Å². The van der Waals surface area contributed by atoms with Crippen molar-refractivity contribution < 1.29 is 9.18 Å². The Morgan fingerprint density at radius 3 is 2.61 bits per heavy atom. The molecule has 4 N–H and O–H groups in total. The van der Waals surface area contributed by atoms with Gasteiger partial charge in [0.1, 0.15) is 11.3 Å². The zero-order chi connectivity index (χ0) is 31.0. The first-order valence-electron chi connectivity index (χ1n) is 14.2. The smallest absolute Gasteiger partial charge is 0.229 e. The fourth-order valence-electron chi connectivity index (χ4n) is 4.73. The molecule has 5 aromatic heterocycles. The van der Waals surface area contributed by atoms with Crippen molar-refractivity contribution in [1.29, 1.82) is 0 Å². The van der Waals surface area contributed by atoms with Crippen LogP contribution in [0.3, 0.4) is 0 Å². The van der Waals surface area contributed by atoms with E-state index in [1.165, 1.54) is 12.1 Å². The van der Waals surface area contributed by atoms with E-state index >= 15 is 0 Å². The number of nitrogens with zero attached hydrogens (tertiary/aromatic N) is 6. The highest BCUT2D eigenvalue weighted by Gasteiger charge is 2.22. The molecule has 0 aliphatic carbocycles. The number of rotatable bonds is 8. The minimum atomic E-state index is -0.542. The summed E-state index contributed by atoms with van der Waals surface area (Å²) in [6.07, 6.45) is 4.96. The number of pyridine rings is 3. The number of benzene rings is 1. The van der Waals surface area contributed by atoms with Gasteiger partial charge in [0, 0.05) is 47.7 Å². The monoisotopic (exact) mass is 592 g/mol. The van der Waals surface area contributed by atoms with Crippen molar-refractivity contribution in [2.24, 2.45) is 5.41 Å². The van der Waals surface area contributed by atoms with Crippen LogP contribution in [0.15, 0.2) is 61.1 Å². The van der Waals surface area contributed by atoms with Crippen LogP contribution in [0, 0.1) is 11.2 Å². The van der Waals surface area contributed by atoms with Gasteiger partial charge in [-0.2, -0.15) is 5.10 Å². The average molecular weight is 593 g/mol. The van der Waals surface area contributed by atoms with Gasteiger partial charge in [0.15, 0.2) is 17.2 Å². The maximum absolute atomic E-state index is 14.7. The van der Waals surface area contributed by atoms with Crippen LogP contribution in [-0.2, 0) is 4.79 Å². The van der Waals surface area contributed by atoms with Gasteiger partial charge in [-0.3, -0.25) is 14.9 Å². The van der Waals surface area contributed by atoms with Crippen LogP contribution in [0.2, 0.25) is 0 Å². The standard InChI is InChI=1S/C32H33FN10O/c1-32(2,3)31(44)37-22-14-19(16-34-17-22)24-6-7-25-27(38-24)28(42-41-25)30-39-26-23(8-9-36-29(26)40-30)18-12-20(33)15-21(13-18)35-10-11-43(4)5/h6-9,12-17,35H,10-11H2,1-5H3,(H,37,44)(H,41,42)(H,36,39,40). The number of likely N-dealkylation sites (N-methyl/N-ethyl adjacent to an activating group) is 1. The molecule has 0 aliphatic heterocycles. The Bertz CT molecular complexity index is 1990. The van der Waals surface area contributed by atoms with Crippen LogP contribution < -0.4 is 10.6 Å². The molecule has 0 aliphatic rings. The van der Waals surface area contributed by atoms with Gasteiger partial charge in [-0.05, 0) is 62.1 Å². The van der Waals surface area contributed by atoms with E-state index in [0.717, 1.165) is 23.2 Å². The summed E-state index contributed by atoms with van der Waals surface area (Å²) >= 11 is 0. The van der Waals surface area contributed by atoms with E-state index in [2.05, 4.69) is 40.7 Å². The highest BCUT2D eigenvalue weighted by atomic mass is 19.1. The first-order valence-corrected chi connectivity index (χ1v) is 14.2. The average Bonchev–Trinajstić information content (AvgIpc) is 3.60. The van der Waals surface area contributed by atoms with Crippen LogP contribution in [0.5, 0.6) is 0 Å². The molecule has 0 saturated heterocycles. The van der Waals surface area contributed by atoms with E-state index in [1.54, 1.807) is 18.6 Å². The van der Waals surface area contributed by atoms with Crippen molar-refractivity contribution in [1.82, 2.24) is 40.0 Å². The minimum absolute atomic E-state index is 0.107. The van der Waals surface area contributed by atoms with Gasteiger partial charge in [-0.15, -0.1) is 0 Å². The topological polar surface area (TPSA) is 140 Å². The SMILES string of the molecule is CN(C)CCNc1cc(F)cc(-c2ccnc3nc(-c4n[nH]c5ccc(-c6cncc(NC(=O)C(C)(C)C)c6)nc45)[nH]c23)c1. The third kappa shape index (κ3) is 5.97. The van der Waals surface area contributed by atoms with Crippen molar-refractivity contribution in [3.63, 3.8) is 0 Å². The summed E-state index contributed by atoms with van der Waals surface area (Å²) in [5, 5.41) is 13.7. The molecule has 0 unspecified atom stereocenters. The number of carbonyl (C=O) groups excluding carboxylic acids is 1. The Labute approximate surface area is 253 Å². The summed E-state index contributed by atoms with van der Waals surface area (Å²) in [6.45, 7) is 7.06. The van der Waals surface area contributed by atoms with Crippen LogP contribution in [0.1, 0.15) is 20.8 Å². The van der Waals surface area contributed by atoms with E-state index < -0.39 is 5.41 Å². The zero-order valence-electron chi connectivity index (χ0n) is 25.2. The number of hydrogen-bond donors (Lipinski definition) is 4. The maximum Gasteiger partial charge on any atom is 0.229 e. The van der Waals surface area contributed by atoms with Gasteiger partial charge in [-0.1, -0.05) is 20.8 Å². The van der Waals surface area contributed by atoms with Gasteiger partial charge in [-0.25, -0.2) is 19.3 Å². The number of imidazole rings is 1. The van der Waals surface area contributed by atoms with E-state index in [9.17, 15) is 9.18 Å². The minimum Gasteiger partial charge on any atom is -0.384 e. The summed E-state index contributed by atoms with van der Waals surface area (Å²) in [7, 11) is 3.98. The molecule has 0 atom stereocenters. The fraction of sp³-hybridized carbons (Fsp3) is 0.250. The molecule has 0 bridgehead atoms. The van der Waals surface area contributed by atoms with Crippen molar-refractivity contribution >= 4 is 39.5 Å². The number of fused-ring (bicyclic) bond motifs is 2. The predicted octanol–water partition coefficient (Wildman–Crippen LogP) is 5.72. The first kappa shape index (κ1) is 28.9. The summed E-state index contributed by atoms with van der Waals surface area (Å²) in [6, 6.07) is 12.3. The van der Waals surface area contributed by atoms with Gasteiger partial charge in [0.2, 0.25) is 5.91 Å². The first-order chi connectivity index (χ1) is 21.0. The molecule has 12 heteroatoms. The largest absolute Gasteiger partial charge is 0.384 e. The van der Waals surface area contributed by atoms with Crippen molar-refractivity contribution in [3.8, 4) is 33.9 Å². The molecule has 224 valence electrons. The fourth-order valence-corrected chi connectivity index (χ4v) is 4.73. The summed E-state index contributed by atoms with van der Waals surface area (Å²) < 4.78 is 14.7. The van der Waals surface area contributed by atoms with Crippen LogP contribution in [0.4, 0.5) is 15.8 Å². The Hall–Kier alpha value is -5.23. The lowest BCUT2D eigenvalue weighted by Crippen LogP contribution is -2.27. The van der Waals surface area contributed by atoms with Crippen molar-refractivity contribution in [2.45, 2.75) is 20.8 Å². The maximum atomic E-state index is 14.7. The second-order valence-corrected chi connectivity index (χ2v) is 11.9. The lowest BCUT2D eigenvalue weighted by molar-refractivity contribution is -0.123. The van der Waals surface area contributed by atoms with Crippen molar-refractivity contribution in [3.05, 3.63) is 66.9 Å². The lowest BCUT2D eigenvalue weighted by Gasteiger charge is -2.17. The Kier molecular flexibility index (Phi) is 7.52. The molecule has 5 heterocycles. The molecule has 0 fully saturated rings. The number of aromatic amines is 2. The number of halogens is 1. The molecule has 6 rings (SSSR count). The molecule has 11 nitrogen and oxygen atoms in total. The molecule has 1 amide bonds.